The van der Waals surface area contributed by atoms with E-state index in [2.05, 4.69) is 10.3 Å². The van der Waals surface area contributed by atoms with Crippen molar-refractivity contribution in [1.82, 2.24) is 19.3 Å². The molecule has 9 heteroatoms. The lowest BCUT2D eigenvalue weighted by Crippen LogP contribution is -2.30. The molecule has 2 aromatic carbocycles. The first-order chi connectivity index (χ1) is 14.4. The molecule has 154 valence electrons. The summed E-state index contributed by atoms with van der Waals surface area (Å²) in [6.07, 6.45) is 3.11. The van der Waals surface area contributed by atoms with Gasteiger partial charge in [0.25, 0.3) is 21.8 Å². The normalized spacial score (nSPS) is 13.7. The Morgan fingerprint density at radius 2 is 1.53 bits per heavy atom. The molecule has 2 amide bonds. The van der Waals surface area contributed by atoms with Gasteiger partial charge in [0, 0.05) is 6.54 Å². The highest BCUT2D eigenvalue weighted by molar-refractivity contribution is 7.89. The van der Waals surface area contributed by atoms with Gasteiger partial charge in [0.2, 0.25) is 0 Å². The number of aryl methyl sites for hydroxylation is 2. The van der Waals surface area contributed by atoms with Crippen molar-refractivity contribution < 1.29 is 18.0 Å². The zero-order valence-corrected chi connectivity index (χ0v) is 17.2. The number of hydrogen-bond donors (Lipinski definition) is 0. The molecule has 1 aliphatic rings. The zero-order chi connectivity index (χ0) is 21.3. The number of benzene rings is 2. The maximum atomic E-state index is 12.6. The van der Waals surface area contributed by atoms with Crippen LogP contribution in [0.2, 0.25) is 0 Å². The predicted octanol–water partition coefficient (Wildman–Crippen LogP) is 2.44. The second-order valence-corrected chi connectivity index (χ2v) is 8.96. The molecular weight excluding hydrogens is 404 g/mol. The lowest BCUT2D eigenvalue weighted by molar-refractivity contribution is 0.0651. The Bertz CT molecular complexity index is 1180. The van der Waals surface area contributed by atoms with Gasteiger partial charge in [-0.25, -0.2) is 0 Å². The molecule has 3 aromatic rings. The molecular formula is C21H20N4O4S. The Hall–Kier alpha value is -3.33. The summed E-state index contributed by atoms with van der Waals surface area (Å²) in [5, 5.41) is 7.70. The van der Waals surface area contributed by atoms with Gasteiger partial charge in [-0.05, 0) is 50.5 Å². The fraction of sp³-hybridized carbons (Fsp3) is 0.238. The number of aromatic nitrogens is 3. The Morgan fingerprint density at radius 3 is 2.17 bits per heavy atom. The lowest BCUT2D eigenvalue weighted by atomic mass is 10.1. The van der Waals surface area contributed by atoms with Crippen molar-refractivity contribution in [2.45, 2.75) is 31.1 Å². The Labute approximate surface area is 174 Å². The van der Waals surface area contributed by atoms with Gasteiger partial charge in [0.15, 0.2) is 0 Å². The molecule has 0 aliphatic carbocycles. The second-order valence-electron chi connectivity index (χ2n) is 7.17. The standard InChI is InChI=1S/C21H20N4O4S/c1-15-9-11-17(12-10-15)30(28,29)25-14-16(22-23-25)6-4-5-13-24-20(26)18-7-2-3-8-19(18)21(24)27/h2-3,7-12,14H,4-6,13H2,1H3. The van der Waals surface area contributed by atoms with Crippen molar-refractivity contribution in [1.29, 1.82) is 0 Å². The minimum absolute atomic E-state index is 0.148. The van der Waals surface area contributed by atoms with E-state index in [4.69, 9.17) is 0 Å². The summed E-state index contributed by atoms with van der Waals surface area (Å²) < 4.78 is 26.1. The quantitative estimate of drug-likeness (QED) is 0.426. The molecule has 0 radical (unpaired) electrons. The summed E-state index contributed by atoms with van der Waals surface area (Å²) in [6, 6.07) is 13.3. The zero-order valence-electron chi connectivity index (χ0n) is 16.4. The van der Waals surface area contributed by atoms with Crippen LogP contribution in [0.15, 0.2) is 59.6 Å². The number of imide groups is 1. The van der Waals surface area contributed by atoms with Crippen LogP contribution in [0.4, 0.5) is 0 Å². The third kappa shape index (κ3) is 3.63. The number of amides is 2. The molecule has 8 nitrogen and oxygen atoms in total. The number of carbonyl (C=O) groups is 2. The number of carbonyl (C=O) groups excluding carboxylic acids is 2. The van der Waals surface area contributed by atoms with E-state index in [1.165, 1.54) is 23.2 Å². The SMILES string of the molecule is Cc1ccc(S(=O)(=O)n2cc(CCCCN3C(=O)c4ccccc4C3=O)nn2)cc1. The van der Waals surface area contributed by atoms with Crippen LogP contribution >= 0.6 is 0 Å². The van der Waals surface area contributed by atoms with Crippen molar-refractivity contribution in [3.8, 4) is 0 Å². The van der Waals surface area contributed by atoms with Crippen molar-refractivity contribution in [2.24, 2.45) is 0 Å². The Kier molecular flexibility index (Phi) is 5.21. The molecule has 0 fully saturated rings. The van der Waals surface area contributed by atoms with Crippen LogP contribution in [0, 0.1) is 6.92 Å². The first kappa shape index (κ1) is 20.0. The van der Waals surface area contributed by atoms with Crippen molar-refractivity contribution in [2.75, 3.05) is 6.54 Å². The third-order valence-corrected chi connectivity index (χ3v) is 6.57. The average molecular weight is 424 g/mol. The largest absolute Gasteiger partial charge is 0.284 e. The predicted molar refractivity (Wildman–Crippen MR) is 109 cm³/mol. The number of hydrogen-bond acceptors (Lipinski definition) is 6. The maximum Gasteiger partial charge on any atom is 0.284 e. The Morgan fingerprint density at radius 1 is 0.900 bits per heavy atom. The molecule has 0 unspecified atom stereocenters. The van der Waals surface area contributed by atoms with Gasteiger partial charge in [-0.2, -0.15) is 8.42 Å². The van der Waals surface area contributed by atoms with E-state index >= 15 is 0 Å². The van der Waals surface area contributed by atoms with Crippen molar-refractivity contribution in [3.63, 3.8) is 0 Å². The first-order valence-electron chi connectivity index (χ1n) is 9.56. The van der Waals surface area contributed by atoms with Crippen LogP contribution in [-0.4, -0.2) is 46.1 Å². The molecule has 4 rings (SSSR count). The van der Waals surface area contributed by atoms with E-state index in [9.17, 15) is 18.0 Å². The van der Waals surface area contributed by atoms with Crippen LogP contribution in [0.3, 0.4) is 0 Å². The van der Waals surface area contributed by atoms with Crippen molar-refractivity contribution in [3.05, 3.63) is 77.1 Å². The summed E-state index contributed by atoms with van der Waals surface area (Å²) >= 11 is 0. The smallest absolute Gasteiger partial charge is 0.274 e. The van der Waals surface area contributed by atoms with E-state index in [1.54, 1.807) is 36.4 Å². The first-order valence-corrected chi connectivity index (χ1v) is 11.0. The van der Waals surface area contributed by atoms with Crippen molar-refractivity contribution >= 4 is 21.8 Å². The van der Waals surface area contributed by atoms with Gasteiger partial charge in [0.05, 0.1) is 27.9 Å². The van der Waals surface area contributed by atoms with Crippen LogP contribution in [0.5, 0.6) is 0 Å². The van der Waals surface area contributed by atoms with Gasteiger partial charge >= 0.3 is 0 Å². The number of unbranched alkanes of at least 4 members (excludes halogenated alkanes) is 1. The molecule has 0 N–H and O–H groups in total. The number of fused-ring (bicyclic) bond motifs is 1. The summed E-state index contributed by atoms with van der Waals surface area (Å²) in [5.74, 6) is -0.545. The molecule has 0 saturated carbocycles. The molecule has 30 heavy (non-hydrogen) atoms. The minimum Gasteiger partial charge on any atom is -0.274 e. The molecule has 0 spiro atoms. The van der Waals surface area contributed by atoms with Gasteiger partial charge in [-0.1, -0.05) is 35.0 Å². The van der Waals surface area contributed by atoms with Crippen LogP contribution in [-0.2, 0) is 16.4 Å². The summed E-state index contributed by atoms with van der Waals surface area (Å²) in [4.78, 5) is 26.1. The molecule has 0 saturated heterocycles. The molecule has 0 bridgehead atoms. The van der Waals surface area contributed by atoms with E-state index in [0.717, 1.165) is 9.65 Å². The van der Waals surface area contributed by atoms with E-state index in [1.807, 2.05) is 6.92 Å². The highest BCUT2D eigenvalue weighted by Crippen LogP contribution is 2.23. The fourth-order valence-corrected chi connectivity index (χ4v) is 4.44. The maximum absolute atomic E-state index is 12.6. The average Bonchev–Trinajstić information content (AvgIpc) is 3.31. The topological polar surface area (TPSA) is 102 Å². The van der Waals surface area contributed by atoms with E-state index in [0.29, 0.717) is 42.6 Å². The number of rotatable bonds is 7. The molecule has 2 heterocycles. The lowest BCUT2D eigenvalue weighted by Gasteiger charge is -2.13. The second kappa shape index (κ2) is 7.83. The van der Waals surface area contributed by atoms with Gasteiger partial charge < -0.3 is 0 Å². The van der Waals surface area contributed by atoms with Gasteiger partial charge in [-0.15, -0.1) is 9.19 Å². The summed E-state index contributed by atoms with van der Waals surface area (Å²) in [5.41, 5.74) is 2.37. The summed E-state index contributed by atoms with van der Waals surface area (Å²) in [6.45, 7) is 2.19. The highest BCUT2D eigenvalue weighted by Gasteiger charge is 2.34. The Balaban J connectivity index is 1.34. The van der Waals surface area contributed by atoms with Gasteiger partial charge in [0.1, 0.15) is 0 Å². The van der Waals surface area contributed by atoms with Crippen LogP contribution in [0.1, 0.15) is 44.8 Å². The third-order valence-electron chi connectivity index (χ3n) is 5.03. The monoisotopic (exact) mass is 424 g/mol. The molecule has 1 aliphatic heterocycles. The molecule has 0 atom stereocenters. The van der Waals surface area contributed by atoms with Crippen LogP contribution < -0.4 is 0 Å². The fourth-order valence-electron chi connectivity index (χ4n) is 3.35. The molecule has 1 aromatic heterocycles. The van der Waals surface area contributed by atoms with Gasteiger partial charge in [-0.3, -0.25) is 14.5 Å². The highest BCUT2D eigenvalue weighted by atomic mass is 32.2. The van der Waals surface area contributed by atoms with E-state index < -0.39 is 10.0 Å². The number of nitrogens with zero attached hydrogens (tertiary/aromatic N) is 4. The minimum atomic E-state index is -3.78. The van der Waals surface area contributed by atoms with Crippen LogP contribution in [0.25, 0.3) is 0 Å². The summed E-state index contributed by atoms with van der Waals surface area (Å²) in [7, 11) is -3.78. The van der Waals surface area contributed by atoms with E-state index in [-0.39, 0.29) is 16.7 Å².